The fraction of sp³-hybridized carbons (Fsp3) is 0.900. The van der Waals surface area contributed by atoms with Gasteiger partial charge < -0.3 is 23.3 Å². The second kappa shape index (κ2) is 7.21. The van der Waals surface area contributed by atoms with E-state index in [-0.39, 0.29) is 0 Å². The molecule has 0 spiro atoms. The molecule has 0 amide bonds. The van der Waals surface area contributed by atoms with Gasteiger partial charge >= 0.3 is 13.6 Å². The van der Waals surface area contributed by atoms with Crippen LogP contribution in [-0.2, 0) is 32.6 Å². The van der Waals surface area contributed by atoms with Crippen LogP contribution in [0.2, 0.25) is 0 Å². The summed E-state index contributed by atoms with van der Waals surface area (Å²) in [6.07, 6.45) is 1.89. The van der Waals surface area contributed by atoms with E-state index in [1.54, 1.807) is 0 Å². The van der Waals surface area contributed by atoms with Crippen LogP contribution in [-0.4, -0.2) is 46.0 Å². The van der Waals surface area contributed by atoms with Gasteiger partial charge in [0.1, 0.15) is 0 Å². The van der Waals surface area contributed by atoms with Gasteiger partial charge in [-0.3, -0.25) is 4.57 Å². The number of carbonyl (C=O) groups excluding carboxylic acids is 1. The van der Waals surface area contributed by atoms with E-state index in [1.165, 1.54) is 21.3 Å². The molecule has 2 unspecified atom stereocenters. The van der Waals surface area contributed by atoms with Gasteiger partial charge in [-0.1, -0.05) is 0 Å². The molecule has 0 aromatic carbocycles. The Hall–Kier alpha value is -0.460. The van der Waals surface area contributed by atoms with E-state index in [4.69, 9.17) is 18.5 Å². The smallest absolute Gasteiger partial charge is 0.370 e. The summed E-state index contributed by atoms with van der Waals surface area (Å²) in [5.41, 5.74) is 0. The number of hydrogen-bond acceptors (Lipinski definition) is 7. The number of hydrogen-bond donors (Lipinski definition) is 0. The summed E-state index contributed by atoms with van der Waals surface area (Å²) in [5, 5.41) is 0. The van der Waals surface area contributed by atoms with Crippen molar-refractivity contribution < 1.29 is 32.6 Å². The van der Waals surface area contributed by atoms with Crippen LogP contribution in [0.1, 0.15) is 19.3 Å². The lowest BCUT2D eigenvalue weighted by atomic mass is 10.2. The van der Waals surface area contributed by atoms with Crippen LogP contribution in [0.3, 0.4) is 0 Å². The van der Waals surface area contributed by atoms with Gasteiger partial charge in [0, 0.05) is 20.8 Å². The number of carbonyl (C=O) groups is 1. The third-order valence-corrected chi connectivity index (χ3v) is 4.54. The van der Waals surface area contributed by atoms with E-state index in [2.05, 4.69) is 4.74 Å². The van der Waals surface area contributed by atoms with Crippen molar-refractivity contribution in [3.05, 3.63) is 0 Å². The van der Waals surface area contributed by atoms with Crippen LogP contribution in [0.4, 0.5) is 0 Å². The van der Waals surface area contributed by atoms with E-state index < -0.39 is 25.7 Å². The van der Waals surface area contributed by atoms with Gasteiger partial charge in [-0.05, 0) is 19.3 Å². The minimum absolute atomic E-state index is 0.544. The SMILES string of the molecule is COC(=O)C(OC1CCCCO1)P(=O)(OC)OC. The zero-order valence-corrected chi connectivity index (χ0v) is 11.7. The second-order valence-electron chi connectivity index (χ2n) is 3.71. The first-order chi connectivity index (χ1) is 8.57. The molecule has 0 aromatic rings. The Labute approximate surface area is 106 Å². The lowest BCUT2D eigenvalue weighted by molar-refractivity contribution is -0.191. The largest absolute Gasteiger partial charge is 0.467 e. The van der Waals surface area contributed by atoms with Crippen LogP contribution in [0, 0.1) is 0 Å². The highest BCUT2D eigenvalue weighted by Crippen LogP contribution is 2.53. The zero-order valence-electron chi connectivity index (χ0n) is 10.8. The monoisotopic (exact) mass is 282 g/mol. The summed E-state index contributed by atoms with van der Waals surface area (Å²) < 4.78 is 37.0. The first-order valence-corrected chi connectivity index (χ1v) is 7.24. The molecule has 0 aromatic heterocycles. The maximum absolute atomic E-state index is 12.2. The number of rotatable bonds is 6. The third-order valence-electron chi connectivity index (χ3n) is 2.62. The molecule has 1 saturated heterocycles. The van der Waals surface area contributed by atoms with Crippen molar-refractivity contribution in [1.29, 1.82) is 0 Å². The van der Waals surface area contributed by atoms with Gasteiger partial charge in [0.05, 0.1) is 7.11 Å². The Balaban J connectivity index is 2.77. The highest BCUT2D eigenvalue weighted by Gasteiger charge is 2.44. The molecule has 0 radical (unpaired) electrons. The average molecular weight is 282 g/mol. The van der Waals surface area contributed by atoms with E-state index in [9.17, 15) is 9.36 Å². The number of ether oxygens (including phenoxy) is 3. The van der Waals surface area contributed by atoms with Crippen LogP contribution in [0.25, 0.3) is 0 Å². The third kappa shape index (κ3) is 3.76. The Morgan fingerprint density at radius 2 is 1.94 bits per heavy atom. The van der Waals surface area contributed by atoms with Gasteiger partial charge in [0.25, 0.3) is 5.85 Å². The minimum atomic E-state index is -3.71. The predicted molar refractivity (Wildman–Crippen MR) is 62.1 cm³/mol. The standard InChI is InChI=1S/C10H19O7P/c1-13-9(11)10(18(12,14-2)15-3)17-8-6-4-5-7-16-8/h8,10H,4-7H2,1-3H3. The Morgan fingerprint density at radius 3 is 2.39 bits per heavy atom. The van der Waals surface area contributed by atoms with Crippen molar-refractivity contribution in [2.45, 2.75) is 31.4 Å². The summed E-state index contributed by atoms with van der Waals surface area (Å²) in [4.78, 5) is 11.6. The van der Waals surface area contributed by atoms with Crippen LogP contribution < -0.4 is 0 Å². The van der Waals surface area contributed by atoms with Crippen molar-refractivity contribution in [2.75, 3.05) is 27.9 Å². The topological polar surface area (TPSA) is 80.3 Å². The molecule has 2 atom stereocenters. The molecule has 1 fully saturated rings. The van der Waals surface area contributed by atoms with Crippen molar-refractivity contribution in [3.8, 4) is 0 Å². The average Bonchev–Trinajstić information content (AvgIpc) is 2.44. The molecule has 1 aliphatic rings. The molecule has 1 heterocycles. The first-order valence-electron chi connectivity index (χ1n) is 5.63. The molecule has 8 heteroatoms. The molecular weight excluding hydrogens is 263 g/mol. The highest BCUT2D eigenvalue weighted by atomic mass is 31.2. The molecule has 1 aliphatic heterocycles. The number of methoxy groups -OCH3 is 1. The van der Waals surface area contributed by atoms with E-state index in [0.29, 0.717) is 13.0 Å². The van der Waals surface area contributed by atoms with Gasteiger partial charge in [-0.15, -0.1) is 0 Å². The maximum atomic E-state index is 12.2. The van der Waals surface area contributed by atoms with Gasteiger partial charge in [-0.2, -0.15) is 0 Å². The lowest BCUT2D eigenvalue weighted by Gasteiger charge is -2.28. The molecule has 1 rings (SSSR count). The van der Waals surface area contributed by atoms with Gasteiger partial charge in [0.2, 0.25) is 0 Å². The van der Waals surface area contributed by atoms with Crippen molar-refractivity contribution >= 4 is 13.6 Å². The molecule has 0 bridgehead atoms. The predicted octanol–water partition coefficient (Wildman–Crippen LogP) is 1.51. The van der Waals surface area contributed by atoms with Gasteiger partial charge in [-0.25, -0.2) is 4.79 Å². The fourth-order valence-electron chi connectivity index (χ4n) is 1.59. The minimum Gasteiger partial charge on any atom is -0.467 e. The Kier molecular flexibility index (Phi) is 6.25. The molecule has 0 N–H and O–H groups in total. The summed E-state index contributed by atoms with van der Waals surface area (Å²) in [6.45, 7) is 0.544. The second-order valence-corrected chi connectivity index (χ2v) is 5.99. The zero-order chi connectivity index (χ0) is 13.6. The Bertz CT molecular complexity index is 305. The lowest BCUT2D eigenvalue weighted by Crippen LogP contribution is -2.34. The molecule has 0 saturated carbocycles. The Morgan fingerprint density at radius 1 is 1.28 bits per heavy atom. The van der Waals surface area contributed by atoms with Crippen molar-refractivity contribution in [1.82, 2.24) is 0 Å². The number of esters is 1. The summed E-state index contributed by atoms with van der Waals surface area (Å²) in [5.74, 6) is -2.24. The van der Waals surface area contributed by atoms with E-state index in [1.807, 2.05) is 0 Å². The highest BCUT2D eigenvalue weighted by molar-refractivity contribution is 7.55. The van der Waals surface area contributed by atoms with Crippen LogP contribution in [0.15, 0.2) is 0 Å². The summed E-state index contributed by atoms with van der Waals surface area (Å²) in [7, 11) is -0.159. The van der Waals surface area contributed by atoms with E-state index in [0.717, 1.165) is 12.8 Å². The maximum Gasteiger partial charge on any atom is 0.370 e. The van der Waals surface area contributed by atoms with Crippen molar-refractivity contribution in [3.63, 3.8) is 0 Å². The molecule has 18 heavy (non-hydrogen) atoms. The summed E-state index contributed by atoms with van der Waals surface area (Å²) in [6, 6.07) is 0. The van der Waals surface area contributed by atoms with Gasteiger partial charge in [0.15, 0.2) is 6.29 Å². The first kappa shape index (κ1) is 15.6. The quantitative estimate of drug-likeness (QED) is 0.539. The normalized spacial score (nSPS) is 22.5. The van der Waals surface area contributed by atoms with E-state index >= 15 is 0 Å². The molecule has 0 aliphatic carbocycles. The fourth-order valence-corrected chi connectivity index (χ4v) is 2.77. The summed E-state index contributed by atoms with van der Waals surface area (Å²) >= 11 is 0. The van der Waals surface area contributed by atoms with Crippen molar-refractivity contribution in [2.24, 2.45) is 0 Å². The molecule has 106 valence electrons. The van der Waals surface area contributed by atoms with Crippen LogP contribution in [0.5, 0.6) is 0 Å². The molecular formula is C10H19O7P. The molecule has 7 nitrogen and oxygen atoms in total. The van der Waals surface area contributed by atoms with Crippen LogP contribution >= 0.6 is 7.60 Å².